The highest BCUT2D eigenvalue weighted by atomic mass is 16.7. The van der Waals surface area contributed by atoms with E-state index in [-0.39, 0.29) is 46.8 Å². The van der Waals surface area contributed by atoms with Crippen molar-refractivity contribution in [3.05, 3.63) is 0 Å². The van der Waals surface area contributed by atoms with Crippen molar-refractivity contribution in [2.45, 2.75) is 142 Å². The maximum atomic E-state index is 12.9. The maximum Gasteiger partial charge on any atom is 0.223 e. The van der Waals surface area contributed by atoms with Crippen molar-refractivity contribution in [1.82, 2.24) is 4.90 Å². The van der Waals surface area contributed by atoms with Crippen LogP contribution in [0.4, 0.5) is 0 Å². The highest BCUT2D eigenvalue weighted by Crippen LogP contribution is 2.89. The van der Waals surface area contributed by atoms with Crippen LogP contribution in [0.5, 0.6) is 0 Å². The van der Waals surface area contributed by atoms with Crippen LogP contribution in [0.25, 0.3) is 0 Å². The zero-order valence-corrected chi connectivity index (χ0v) is 27.9. The van der Waals surface area contributed by atoms with Gasteiger partial charge in [0.2, 0.25) is 5.91 Å². The summed E-state index contributed by atoms with van der Waals surface area (Å²) in [6.45, 7) is 14.0. The van der Waals surface area contributed by atoms with E-state index >= 15 is 0 Å². The van der Waals surface area contributed by atoms with Crippen LogP contribution in [0, 0.1) is 68.0 Å². The molecule has 2 spiro atoms. The fourth-order valence-electron chi connectivity index (χ4n) is 13.7. The second kappa shape index (κ2) is 9.91. The largest absolute Gasteiger partial charge is 0.390 e. The highest BCUT2D eigenvalue weighted by Gasteiger charge is 2.84. The Morgan fingerprint density at radius 3 is 2.55 bits per heavy atom. The van der Waals surface area contributed by atoms with Gasteiger partial charge in [0.25, 0.3) is 0 Å². The molecule has 7 heteroatoms. The third kappa shape index (κ3) is 3.90. The number of fused-ring (bicyclic) bond motifs is 4. The molecule has 44 heavy (non-hydrogen) atoms. The molecule has 0 aromatic carbocycles. The summed E-state index contributed by atoms with van der Waals surface area (Å²) in [5.74, 6) is 2.80. The summed E-state index contributed by atoms with van der Waals surface area (Å²) < 4.78 is 19.6. The van der Waals surface area contributed by atoms with E-state index in [2.05, 4.69) is 40.7 Å². The lowest BCUT2D eigenvalue weighted by Gasteiger charge is -2.64. The van der Waals surface area contributed by atoms with Crippen LogP contribution >= 0.6 is 0 Å². The van der Waals surface area contributed by atoms with Crippen LogP contribution in [0.1, 0.15) is 112 Å². The molecule has 2 saturated heterocycles. The number of nitrogens with zero attached hydrogens (tertiary/aromatic N) is 2. The average Bonchev–Trinajstić information content (AvgIpc) is 3.90. The second-order valence-corrected chi connectivity index (χ2v) is 17.9. The molecule has 2 heterocycles. The summed E-state index contributed by atoms with van der Waals surface area (Å²) >= 11 is 0. The third-order valence-corrected chi connectivity index (χ3v) is 16.0. The van der Waals surface area contributed by atoms with Gasteiger partial charge in [0.1, 0.15) is 0 Å². The van der Waals surface area contributed by atoms with E-state index in [4.69, 9.17) is 14.2 Å². The quantitative estimate of drug-likeness (QED) is 0.407. The molecule has 1 amide bonds. The second-order valence-electron chi connectivity index (χ2n) is 17.9. The number of hydrogen-bond acceptors (Lipinski definition) is 6. The molecule has 13 atom stereocenters. The molecule has 0 unspecified atom stereocenters. The van der Waals surface area contributed by atoms with E-state index in [0.717, 1.165) is 12.8 Å². The lowest BCUT2D eigenvalue weighted by molar-refractivity contribution is -0.248. The minimum Gasteiger partial charge on any atom is -0.390 e. The van der Waals surface area contributed by atoms with Gasteiger partial charge in [-0.1, -0.05) is 34.6 Å². The number of morpholine rings is 1. The minimum absolute atomic E-state index is 0.0302. The lowest BCUT2D eigenvalue weighted by Crippen LogP contribution is -2.60. The Morgan fingerprint density at radius 1 is 1.05 bits per heavy atom. The average molecular weight is 609 g/mol. The third-order valence-electron chi connectivity index (χ3n) is 16.0. The van der Waals surface area contributed by atoms with Gasteiger partial charge in [0, 0.05) is 18.4 Å². The number of carbonyl (C=O) groups excluding carboxylic acids is 1. The van der Waals surface area contributed by atoms with E-state index in [1.165, 1.54) is 51.4 Å². The smallest absolute Gasteiger partial charge is 0.223 e. The molecule has 0 radical (unpaired) electrons. The molecule has 244 valence electrons. The first-order chi connectivity index (χ1) is 20.9. The SMILES string of the molecule is C[C@@H]1C[C@H](CC#N)O[C@H]2[C@H]1[C@@]1(C)CC[C@@]34C[C@@]35CC[C@H](O[C@H]3CN(C(=O)CC6CC6)CCO3)C(C)(C)[C@@H]5CC[C@H]4[C@]1(C)[C@H]2O. The van der Waals surface area contributed by atoms with Crippen molar-refractivity contribution in [3.8, 4) is 6.07 Å². The molecular formula is C37H56N2O5. The van der Waals surface area contributed by atoms with Crippen molar-refractivity contribution in [2.75, 3.05) is 19.7 Å². The van der Waals surface area contributed by atoms with Crippen LogP contribution in [0.2, 0.25) is 0 Å². The van der Waals surface area contributed by atoms with Gasteiger partial charge in [0.05, 0.1) is 50.1 Å². The van der Waals surface area contributed by atoms with E-state index in [1.807, 2.05) is 4.90 Å². The summed E-state index contributed by atoms with van der Waals surface area (Å²) in [7, 11) is 0. The predicted octanol–water partition coefficient (Wildman–Crippen LogP) is 6.08. The van der Waals surface area contributed by atoms with Gasteiger partial charge in [-0.2, -0.15) is 5.26 Å². The monoisotopic (exact) mass is 608 g/mol. The van der Waals surface area contributed by atoms with Gasteiger partial charge in [-0.05, 0) is 115 Å². The molecule has 0 aromatic rings. The Balaban J connectivity index is 1.01. The number of nitriles is 1. The summed E-state index contributed by atoms with van der Waals surface area (Å²) in [6, 6.07) is 2.33. The zero-order chi connectivity index (χ0) is 30.9. The summed E-state index contributed by atoms with van der Waals surface area (Å²) in [5, 5.41) is 21.7. The number of ether oxygens (including phenoxy) is 3. The van der Waals surface area contributed by atoms with Crippen LogP contribution < -0.4 is 0 Å². The number of aliphatic hydroxyl groups is 1. The molecular weight excluding hydrogens is 552 g/mol. The van der Waals surface area contributed by atoms with E-state index in [0.29, 0.717) is 73.0 Å². The van der Waals surface area contributed by atoms with Crippen molar-refractivity contribution < 1.29 is 24.1 Å². The Morgan fingerprint density at radius 2 is 1.80 bits per heavy atom. The molecule has 0 bridgehead atoms. The number of amides is 1. The standard InChI is InChI=1S/C37H56N2O5/c1-22-18-24(11-15-38)43-31-30(22)34(4)13-14-37-21-36(37)12-10-27(33(2,3)25(36)8-9-26(37)35(34,5)32(31)41)44-29-20-39(16-17-42-29)28(40)19-23-6-7-23/h22-27,29-32,41H,6-14,16-21H2,1-5H3/t22-,24+,25+,26+,27+,29+,30+,31+,32+,34-,35-,36-,37+/m1/s1. The number of carbonyl (C=O) groups is 1. The number of aliphatic hydroxyl groups excluding tert-OH is 1. The van der Waals surface area contributed by atoms with Crippen LogP contribution in [-0.4, -0.2) is 66.3 Å². The molecule has 6 aliphatic carbocycles. The summed E-state index contributed by atoms with van der Waals surface area (Å²) in [5.41, 5.74) is 0.560. The number of rotatable bonds is 5. The fraction of sp³-hybridized carbons (Fsp3) is 0.946. The molecule has 7 nitrogen and oxygen atoms in total. The molecule has 8 rings (SSSR count). The maximum absolute atomic E-state index is 12.9. The zero-order valence-electron chi connectivity index (χ0n) is 27.9. The summed E-state index contributed by atoms with van der Waals surface area (Å²) in [6.07, 6.45) is 11.9. The van der Waals surface area contributed by atoms with Crippen molar-refractivity contribution in [2.24, 2.45) is 56.7 Å². The molecule has 2 aliphatic heterocycles. The Bertz CT molecular complexity index is 1230. The predicted molar refractivity (Wildman–Crippen MR) is 165 cm³/mol. The van der Waals surface area contributed by atoms with Gasteiger partial charge >= 0.3 is 0 Å². The Labute approximate surface area is 264 Å². The summed E-state index contributed by atoms with van der Waals surface area (Å²) in [4.78, 5) is 14.8. The van der Waals surface area contributed by atoms with Gasteiger partial charge in [-0.25, -0.2) is 0 Å². The fourth-order valence-corrected chi connectivity index (χ4v) is 13.7. The molecule has 0 aromatic heterocycles. The van der Waals surface area contributed by atoms with Crippen LogP contribution in [0.15, 0.2) is 0 Å². The molecule has 1 N–H and O–H groups in total. The van der Waals surface area contributed by atoms with E-state index in [9.17, 15) is 15.2 Å². The first-order valence-electron chi connectivity index (χ1n) is 18.2. The topological polar surface area (TPSA) is 92.0 Å². The Hall–Kier alpha value is -1.20. The van der Waals surface area contributed by atoms with Gasteiger partial charge in [-0.3, -0.25) is 4.79 Å². The van der Waals surface area contributed by atoms with Gasteiger partial charge in [-0.15, -0.1) is 0 Å². The first-order valence-corrected chi connectivity index (χ1v) is 18.2. The van der Waals surface area contributed by atoms with Crippen LogP contribution in [0.3, 0.4) is 0 Å². The molecule has 6 saturated carbocycles. The van der Waals surface area contributed by atoms with E-state index < -0.39 is 6.10 Å². The normalized spacial score (nSPS) is 53.8. The van der Waals surface area contributed by atoms with E-state index in [1.54, 1.807) is 0 Å². The van der Waals surface area contributed by atoms with Crippen molar-refractivity contribution in [1.29, 1.82) is 5.26 Å². The Kier molecular flexibility index (Phi) is 6.79. The lowest BCUT2D eigenvalue weighted by atomic mass is 9.41. The van der Waals surface area contributed by atoms with Gasteiger partial charge in [0.15, 0.2) is 6.29 Å². The van der Waals surface area contributed by atoms with Gasteiger partial charge < -0.3 is 24.2 Å². The minimum atomic E-state index is -0.473. The first kappa shape index (κ1) is 30.2. The van der Waals surface area contributed by atoms with Crippen molar-refractivity contribution >= 4 is 5.91 Å². The van der Waals surface area contributed by atoms with Crippen LogP contribution in [-0.2, 0) is 19.0 Å². The highest BCUT2D eigenvalue weighted by molar-refractivity contribution is 5.76. The van der Waals surface area contributed by atoms with Crippen molar-refractivity contribution in [3.63, 3.8) is 0 Å². The number of hydrogen-bond donors (Lipinski definition) is 1. The molecule has 8 aliphatic rings. The molecule has 8 fully saturated rings.